The van der Waals surface area contributed by atoms with Crippen molar-refractivity contribution in [1.29, 1.82) is 0 Å². The fourth-order valence-corrected chi connectivity index (χ4v) is 5.41. The molecule has 0 unspecified atom stereocenters. The average molecular weight is 415 g/mol. The normalized spacial score (nSPS) is 11.7. The van der Waals surface area contributed by atoms with E-state index >= 15 is 0 Å². The quantitative estimate of drug-likeness (QED) is 0.512. The van der Waals surface area contributed by atoms with Crippen molar-refractivity contribution in [2.24, 2.45) is 0 Å². The lowest BCUT2D eigenvalue weighted by molar-refractivity contribution is 0.415. The topological polar surface area (TPSA) is 97.0 Å². The number of aryl methyl sites for hydroxylation is 2. The predicted octanol–water partition coefficient (Wildman–Crippen LogP) is 4.11. The smallest absolute Gasteiger partial charge is 0.265 e. The van der Waals surface area contributed by atoms with E-state index in [1.165, 1.54) is 0 Å². The van der Waals surface area contributed by atoms with Gasteiger partial charge >= 0.3 is 0 Å². The first-order valence-electron chi connectivity index (χ1n) is 8.47. The Morgan fingerprint density at radius 2 is 1.86 bits per heavy atom. The monoisotopic (exact) mass is 414 g/mol. The Bertz CT molecular complexity index is 1240. The fraction of sp³-hybridized carbons (Fsp3) is 0.158. The van der Waals surface area contributed by atoms with Crippen molar-refractivity contribution in [3.05, 3.63) is 53.9 Å². The number of methoxy groups -OCH3 is 1. The third-order valence-electron chi connectivity index (χ3n) is 4.31. The predicted molar refractivity (Wildman–Crippen MR) is 110 cm³/mol. The van der Waals surface area contributed by atoms with Crippen LogP contribution in [0, 0.1) is 13.8 Å². The molecule has 9 heteroatoms. The maximum atomic E-state index is 12.6. The summed E-state index contributed by atoms with van der Waals surface area (Å²) in [6, 6.07) is 12.9. The third kappa shape index (κ3) is 3.34. The van der Waals surface area contributed by atoms with Crippen LogP contribution in [-0.2, 0) is 10.0 Å². The highest BCUT2D eigenvalue weighted by Crippen LogP contribution is 2.33. The molecule has 0 bridgehead atoms. The molecule has 0 aliphatic rings. The maximum absolute atomic E-state index is 12.6. The highest BCUT2D eigenvalue weighted by molar-refractivity contribution is 7.92. The van der Waals surface area contributed by atoms with Gasteiger partial charge in [0.25, 0.3) is 10.0 Å². The molecule has 4 rings (SSSR count). The number of hydrogen-bond acceptors (Lipinski definition) is 6. The number of benzene rings is 2. The van der Waals surface area contributed by atoms with E-state index in [1.807, 2.05) is 30.3 Å². The SMILES string of the molecule is COc1ccc2nc(-c3ccc(NS(=O)(=O)c4c(C)n[nH]c4C)cc3)sc2c1. The molecule has 0 spiro atoms. The van der Waals surface area contributed by atoms with Crippen LogP contribution >= 0.6 is 11.3 Å². The Morgan fingerprint density at radius 1 is 1.11 bits per heavy atom. The van der Waals surface area contributed by atoms with Gasteiger partial charge in [-0.2, -0.15) is 5.10 Å². The zero-order valence-corrected chi connectivity index (χ0v) is 17.1. The van der Waals surface area contributed by atoms with Gasteiger partial charge in [-0.05, 0) is 56.3 Å². The van der Waals surface area contributed by atoms with Crippen LogP contribution in [-0.4, -0.2) is 30.7 Å². The molecule has 0 saturated carbocycles. The van der Waals surface area contributed by atoms with Gasteiger partial charge in [0.05, 0.1) is 28.7 Å². The van der Waals surface area contributed by atoms with E-state index in [1.54, 1.807) is 44.4 Å². The van der Waals surface area contributed by atoms with Crippen molar-refractivity contribution < 1.29 is 13.2 Å². The molecule has 2 N–H and O–H groups in total. The van der Waals surface area contributed by atoms with Crippen molar-refractivity contribution in [3.63, 3.8) is 0 Å². The van der Waals surface area contributed by atoms with Crippen LogP contribution in [0.3, 0.4) is 0 Å². The highest BCUT2D eigenvalue weighted by Gasteiger charge is 2.22. The van der Waals surface area contributed by atoms with Crippen molar-refractivity contribution >= 4 is 37.3 Å². The van der Waals surface area contributed by atoms with Crippen LogP contribution in [0.2, 0.25) is 0 Å². The number of fused-ring (bicyclic) bond motifs is 1. The number of hydrogen-bond donors (Lipinski definition) is 2. The van der Waals surface area contributed by atoms with Crippen LogP contribution in [0.5, 0.6) is 5.75 Å². The van der Waals surface area contributed by atoms with E-state index < -0.39 is 10.0 Å². The Morgan fingerprint density at radius 3 is 2.50 bits per heavy atom. The second kappa shape index (κ2) is 6.92. The number of thiazole rings is 1. The van der Waals surface area contributed by atoms with E-state index in [-0.39, 0.29) is 4.90 Å². The minimum atomic E-state index is -3.71. The van der Waals surface area contributed by atoms with Crippen molar-refractivity contribution in [2.45, 2.75) is 18.7 Å². The summed E-state index contributed by atoms with van der Waals surface area (Å²) < 4.78 is 34.2. The van der Waals surface area contributed by atoms with Gasteiger partial charge in [0.15, 0.2) is 0 Å². The molecule has 144 valence electrons. The Kier molecular flexibility index (Phi) is 4.56. The van der Waals surface area contributed by atoms with Gasteiger partial charge in [0.1, 0.15) is 15.7 Å². The number of nitrogens with one attached hydrogen (secondary N) is 2. The van der Waals surface area contributed by atoms with Gasteiger partial charge in [-0.1, -0.05) is 0 Å². The van der Waals surface area contributed by atoms with Gasteiger partial charge < -0.3 is 4.74 Å². The van der Waals surface area contributed by atoms with Crippen molar-refractivity contribution in [3.8, 4) is 16.3 Å². The number of H-pyrrole nitrogens is 1. The fourth-order valence-electron chi connectivity index (χ4n) is 2.98. The highest BCUT2D eigenvalue weighted by atomic mass is 32.2. The van der Waals surface area contributed by atoms with Gasteiger partial charge in [-0.15, -0.1) is 11.3 Å². The molecule has 4 aromatic rings. The van der Waals surface area contributed by atoms with Gasteiger partial charge in [0.2, 0.25) is 0 Å². The molecule has 2 aromatic heterocycles. The summed E-state index contributed by atoms with van der Waals surface area (Å²) in [5.41, 5.74) is 3.24. The third-order valence-corrected chi connectivity index (χ3v) is 7.02. The van der Waals surface area contributed by atoms with Crippen LogP contribution in [0.1, 0.15) is 11.4 Å². The molecule has 2 heterocycles. The van der Waals surface area contributed by atoms with E-state index in [0.717, 1.165) is 26.5 Å². The summed E-state index contributed by atoms with van der Waals surface area (Å²) in [6.07, 6.45) is 0. The summed E-state index contributed by atoms with van der Waals surface area (Å²) in [6.45, 7) is 3.34. The second-order valence-electron chi connectivity index (χ2n) is 6.30. The number of anilines is 1. The molecule has 7 nitrogen and oxygen atoms in total. The molecular weight excluding hydrogens is 396 g/mol. The summed E-state index contributed by atoms with van der Waals surface area (Å²) >= 11 is 1.56. The number of sulfonamides is 1. The summed E-state index contributed by atoms with van der Waals surface area (Å²) in [4.78, 5) is 4.82. The molecular formula is C19H18N4O3S2. The molecule has 0 aliphatic carbocycles. The Balaban J connectivity index is 1.61. The molecule has 0 atom stereocenters. The van der Waals surface area contributed by atoms with Crippen molar-refractivity contribution in [1.82, 2.24) is 15.2 Å². The molecule has 0 radical (unpaired) electrons. The van der Waals surface area contributed by atoms with Crippen LogP contribution in [0.4, 0.5) is 5.69 Å². The van der Waals surface area contributed by atoms with Gasteiger partial charge in [-0.25, -0.2) is 13.4 Å². The zero-order chi connectivity index (χ0) is 19.9. The minimum absolute atomic E-state index is 0.177. The lowest BCUT2D eigenvalue weighted by Gasteiger charge is -2.08. The number of ether oxygens (including phenoxy) is 1. The second-order valence-corrected chi connectivity index (χ2v) is 8.95. The first-order chi connectivity index (χ1) is 13.4. The zero-order valence-electron chi connectivity index (χ0n) is 15.5. The summed E-state index contributed by atoms with van der Waals surface area (Å²) in [7, 11) is -2.07. The summed E-state index contributed by atoms with van der Waals surface area (Å²) in [5, 5.41) is 7.51. The molecule has 0 saturated heterocycles. The van der Waals surface area contributed by atoms with Crippen molar-refractivity contribution in [2.75, 3.05) is 11.8 Å². The largest absolute Gasteiger partial charge is 0.497 e. The first kappa shape index (κ1) is 18.5. The van der Waals surface area contributed by atoms with Gasteiger partial charge in [-0.3, -0.25) is 9.82 Å². The number of rotatable bonds is 5. The average Bonchev–Trinajstić information content (AvgIpc) is 3.24. The Labute approximate surface area is 166 Å². The molecule has 0 amide bonds. The minimum Gasteiger partial charge on any atom is -0.497 e. The number of aromatic amines is 1. The van der Waals surface area contributed by atoms with Crippen LogP contribution in [0.15, 0.2) is 47.4 Å². The standard InChI is InChI=1S/C19H18N4O3S2/c1-11-18(12(2)22-21-11)28(24,25)23-14-6-4-13(5-7-14)19-20-16-9-8-15(26-3)10-17(16)27-19/h4-10,23H,1-3H3,(H,21,22). The van der Waals surface area contributed by atoms with E-state index in [4.69, 9.17) is 4.74 Å². The van der Waals surface area contributed by atoms with E-state index in [0.29, 0.717) is 17.1 Å². The summed E-state index contributed by atoms with van der Waals surface area (Å²) in [5.74, 6) is 0.789. The maximum Gasteiger partial charge on any atom is 0.265 e. The van der Waals surface area contributed by atoms with E-state index in [2.05, 4.69) is 19.9 Å². The van der Waals surface area contributed by atoms with Crippen LogP contribution in [0.25, 0.3) is 20.8 Å². The lowest BCUT2D eigenvalue weighted by Crippen LogP contribution is -2.14. The van der Waals surface area contributed by atoms with E-state index in [9.17, 15) is 8.42 Å². The molecule has 0 fully saturated rings. The Hall–Kier alpha value is -2.91. The lowest BCUT2D eigenvalue weighted by atomic mass is 10.2. The molecule has 0 aliphatic heterocycles. The van der Waals surface area contributed by atoms with Crippen LogP contribution < -0.4 is 9.46 Å². The number of aromatic nitrogens is 3. The first-order valence-corrected chi connectivity index (χ1v) is 10.8. The van der Waals surface area contributed by atoms with Gasteiger partial charge in [0, 0.05) is 11.3 Å². The molecule has 28 heavy (non-hydrogen) atoms. The molecule has 2 aromatic carbocycles. The number of nitrogens with zero attached hydrogens (tertiary/aromatic N) is 2.